The predicted octanol–water partition coefficient (Wildman–Crippen LogP) is 0.0500. The number of halogens is 1. The van der Waals surface area contributed by atoms with Crippen LogP contribution in [0.5, 0.6) is 0 Å². The van der Waals surface area contributed by atoms with Crippen molar-refractivity contribution in [1.29, 1.82) is 0 Å². The van der Waals surface area contributed by atoms with Gasteiger partial charge in [-0.3, -0.25) is 0 Å². The number of fused-ring (bicyclic) bond motifs is 1. The highest BCUT2D eigenvalue weighted by Gasteiger charge is 2.29. The van der Waals surface area contributed by atoms with Crippen molar-refractivity contribution in [3.05, 3.63) is 28.3 Å². The molecule has 1 aromatic rings. The maximum absolute atomic E-state index is 9.35. The molecule has 68 valence electrons. The summed E-state index contributed by atoms with van der Waals surface area (Å²) in [4.78, 5) is 0. The van der Waals surface area contributed by atoms with E-state index < -0.39 is 7.12 Å². The molecular formula is C8H8BClO3. The van der Waals surface area contributed by atoms with Crippen molar-refractivity contribution < 1.29 is 14.8 Å². The second kappa shape index (κ2) is 3.31. The lowest BCUT2D eigenvalue weighted by Crippen LogP contribution is -2.28. The minimum absolute atomic E-state index is 0.127. The second-order valence-electron chi connectivity index (χ2n) is 2.92. The molecule has 13 heavy (non-hydrogen) atoms. The van der Waals surface area contributed by atoms with Crippen molar-refractivity contribution in [2.24, 2.45) is 0 Å². The smallest absolute Gasteiger partial charge is 0.423 e. The maximum Gasteiger partial charge on any atom is 0.491 e. The number of aliphatic hydroxyl groups excluding tert-OH is 1. The highest BCUT2D eigenvalue weighted by Crippen LogP contribution is 2.22. The summed E-state index contributed by atoms with van der Waals surface area (Å²) in [7, 11) is -0.877. The predicted molar refractivity (Wildman–Crippen MR) is 49.8 cm³/mol. The van der Waals surface area contributed by atoms with Crippen LogP contribution in [0.4, 0.5) is 0 Å². The van der Waals surface area contributed by atoms with E-state index in [1.54, 1.807) is 12.1 Å². The van der Waals surface area contributed by atoms with Crippen molar-refractivity contribution in [3.63, 3.8) is 0 Å². The van der Waals surface area contributed by atoms with Gasteiger partial charge in [0.25, 0.3) is 0 Å². The van der Waals surface area contributed by atoms with Crippen molar-refractivity contribution in [2.75, 3.05) is 0 Å². The second-order valence-corrected chi connectivity index (χ2v) is 3.32. The molecule has 1 aromatic carbocycles. The molecule has 0 aromatic heterocycles. The molecule has 1 aliphatic rings. The Morgan fingerprint density at radius 1 is 1.54 bits per heavy atom. The quantitative estimate of drug-likeness (QED) is 0.627. The number of aliphatic hydroxyl groups is 1. The molecule has 0 fully saturated rings. The van der Waals surface area contributed by atoms with Gasteiger partial charge in [-0.25, -0.2) is 0 Å². The Bertz CT molecular complexity index is 342. The monoisotopic (exact) mass is 198 g/mol. The molecule has 0 saturated heterocycles. The van der Waals surface area contributed by atoms with Gasteiger partial charge in [0.2, 0.25) is 0 Å². The number of hydrogen-bond donors (Lipinski definition) is 2. The van der Waals surface area contributed by atoms with Crippen LogP contribution in [0.15, 0.2) is 12.1 Å². The van der Waals surface area contributed by atoms with Gasteiger partial charge in [-0.15, -0.1) is 0 Å². The van der Waals surface area contributed by atoms with Gasteiger partial charge in [-0.2, -0.15) is 0 Å². The van der Waals surface area contributed by atoms with E-state index in [2.05, 4.69) is 0 Å². The van der Waals surface area contributed by atoms with Crippen LogP contribution < -0.4 is 5.46 Å². The first-order chi connectivity index (χ1) is 6.24. The SMILES string of the molecule is OCc1c(Cl)ccc2c1COB2O. The molecule has 3 nitrogen and oxygen atoms in total. The summed E-state index contributed by atoms with van der Waals surface area (Å²) in [6.45, 7) is 0.186. The van der Waals surface area contributed by atoms with E-state index in [-0.39, 0.29) is 6.61 Å². The van der Waals surface area contributed by atoms with E-state index in [1.165, 1.54) is 0 Å². The summed E-state index contributed by atoms with van der Waals surface area (Å²) in [5.74, 6) is 0. The zero-order valence-corrected chi connectivity index (χ0v) is 7.58. The van der Waals surface area contributed by atoms with Gasteiger partial charge in [0.1, 0.15) is 0 Å². The Hall–Kier alpha value is -0.545. The molecule has 1 heterocycles. The molecule has 0 amide bonds. The summed E-state index contributed by atoms with van der Waals surface area (Å²) >= 11 is 5.86. The first kappa shape index (κ1) is 9.03. The lowest BCUT2D eigenvalue weighted by Gasteiger charge is -2.06. The van der Waals surface area contributed by atoms with E-state index in [9.17, 15) is 5.02 Å². The fourth-order valence-corrected chi connectivity index (χ4v) is 1.74. The number of rotatable bonds is 1. The van der Waals surface area contributed by atoms with Gasteiger partial charge >= 0.3 is 7.12 Å². The van der Waals surface area contributed by atoms with E-state index in [4.69, 9.17) is 21.4 Å². The molecule has 0 bridgehead atoms. The van der Waals surface area contributed by atoms with E-state index >= 15 is 0 Å². The van der Waals surface area contributed by atoms with E-state index in [0.717, 1.165) is 5.56 Å². The number of benzene rings is 1. The van der Waals surface area contributed by atoms with Crippen molar-refractivity contribution >= 4 is 24.2 Å². The average Bonchev–Trinajstić information content (AvgIpc) is 2.48. The normalized spacial score (nSPS) is 14.8. The minimum atomic E-state index is -0.877. The van der Waals surface area contributed by atoms with Crippen LogP contribution in [0.1, 0.15) is 11.1 Å². The van der Waals surface area contributed by atoms with Crippen molar-refractivity contribution in [2.45, 2.75) is 13.2 Å². The van der Waals surface area contributed by atoms with Gasteiger partial charge in [0, 0.05) is 10.6 Å². The molecule has 2 N–H and O–H groups in total. The molecule has 1 aliphatic heterocycles. The molecule has 0 saturated carbocycles. The minimum Gasteiger partial charge on any atom is -0.423 e. The standard InChI is InChI=1S/C8H8BClO3/c10-8-2-1-7-6(5(8)3-11)4-13-9(7)12/h1-2,11-12H,3-4H2. The van der Waals surface area contributed by atoms with Crippen LogP contribution in [-0.4, -0.2) is 17.2 Å². The number of hydrogen-bond acceptors (Lipinski definition) is 3. The Labute approximate surface area is 81.1 Å². The van der Waals surface area contributed by atoms with Crippen LogP contribution in [0, 0.1) is 0 Å². The Balaban J connectivity index is 2.57. The Morgan fingerprint density at radius 2 is 2.31 bits per heavy atom. The highest BCUT2D eigenvalue weighted by molar-refractivity contribution is 6.61. The fourth-order valence-electron chi connectivity index (χ4n) is 1.51. The molecular weight excluding hydrogens is 190 g/mol. The molecule has 2 rings (SSSR count). The lowest BCUT2D eigenvalue weighted by atomic mass is 9.78. The zero-order valence-electron chi connectivity index (χ0n) is 6.83. The molecule has 0 aliphatic carbocycles. The Kier molecular flexibility index (Phi) is 2.30. The third kappa shape index (κ3) is 1.36. The van der Waals surface area contributed by atoms with Gasteiger partial charge in [-0.1, -0.05) is 17.7 Å². The molecule has 0 unspecified atom stereocenters. The van der Waals surface area contributed by atoms with E-state index in [1.807, 2.05) is 0 Å². The summed E-state index contributed by atoms with van der Waals surface area (Å²) in [6.07, 6.45) is 0. The van der Waals surface area contributed by atoms with Crippen LogP contribution in [0.3, 0.4) is 0 Å². The van der Waals surface area contributed by atoms with Gasteiger partial charge in [0.05, 0.1) is 13.2 Å². The molecule has 0 spiro atoms. The third-order valence-electron chi connectivity index (χ3n) is 2.22. The fraction of sp³-hybridized carbons (Fsp3) is 0.250. The first-order valence-corrected chi connectivity index (χ1v) is 4.32. The average molecular weight is 198 g/mol. The van der Waals surface area contributed by atoms with Crippen LogP contribution in [0.25, 0.3) is 0 Å². The Morgan fingerprint density at radius 3 is 3.00 bits per heavy atom. The third-order valence-corrected chi connectivity index (χ3v) is 2.57. The molecule has 0 atom stereocenters. The first-order valence-electron chi connectivity index (χ1n) is 3.94. The summed E-state index contributed by atoms with van der Waals surface area (Å²) in [5.41, 5.74) is 2.16. The van der Waals surface area contributed by atoms with Gasteiger partial charge < -0.3 is 14.8 Å². The topological polar surface area (TPSA) is 49.7 Å². The molecule has 0 radical (unpaired) electrons. The van der Waals surface area contributed by atoms with Crippen molar-refractivity contribution in [1.82, 2.24) is 0 Å². The lowest BCUT2D eigenvalue weighted by molar-refractivity contribution is 0.262. The summed E-state index contributed by atoms with van der Waals surface area (Å²) in [6, 6.07) is 3.37. The zero-order chi connectivity index (χ0) is 9.42. The van der Waals surface area contributed by atoms with E-state index in [0.29, 0.717) is 22.7 Å². The van der Waals surface area contributed by atoms with Crippen LogP contribution in [-0.2, 0) is 17.9 Å². The maximum atomic E-state index is 9.35. The van der Waals surface area contributed by atoms with Crippen LogP contribution >= 0.6 is 11.6 Å². The highest BCUT2D eigenvalue weighted by atomic mass is 35.5. The van der Waals surface area contributed by atoms with Crippen molar-refractivity contribution in [3.8, 4) is 0 Å². The summed E-state index contributed by atoms with van der Waals surface area (Å²) < 4.78 is 5.01. The van der Waals surface area contributed by atoms with Gasteiger partial charge in [-0.05, 0) is 17.1 Å². The molecule has 5 heteroatoms. The largest absolute Gasteiger partial charge is 0.491 e. The summed E-state index contributed by atoms with van der Waals surface area (Å²) in [5, 5.41) is 18.9. The van der Waals surface area contributed by atoms with Crippen LogP contribution in [0.2, 0.25) is 5.02 Å². The van der Waals surface area contributed by atoms with Gasteiger partial charge in [0.15, 0.2) is 0 Å².